The summed E-state index contributed by atoms with van der Waals surface area (Å²) >= 11 is 0. The first-order chi connectivity index (χ1) is 15.0. The van der Waals surface area contributed by atoms with Gasteiger partial charge in [-0.3, -0.25) is 0 Å². The molecule has 2 atom stereocenters. The zero-order chi connectivity index (χ0) is 25.1. The minimum Gasteiger partial charge on any atom is -0.460 e. The summed E-state index contributed by atoms with van der Waals surface area (Å²) in [5.41, 5.74) is -9.57. The van der Waals surface area contributed by atoms with Crippen LogP contribution in [0.2, 0.25) is 0 Å². The van der Waals surface area contributed by atoms with Gasteiger partial charge in [0.2, 0.25) is 0 Å². The number of aryl methyl sites for hydroxylation is 1. The van der Waals surface area contributed by atoms with Crippen LogP contribution in [0, 0.1) is 0 Å². The molecule has 1 N–H and O–H groups in total. The van der Waals surface area contributed by atoms with Gasteiger partial charge in [0.25, 0.3) is 5.67 Å². The normalized spacial score (nSPS) is 20.1. The van der Waals surface area contributed by atoms with Gasteiger partial charge < -0.3 is 9.84 Å². The Morgan fingerprint density at radius 2 is 1.42 bits per heavy atom. The first kappa shape index (κ1) is 27.3. The fourth-order valence-electron chi connectivity index (χ4n) is 3.72. The molecule has 2 rings (SSSR count). The van der Waals surface area contributed by atoms with Crippen molar-refractivity contribution in [3.05, 3.63) is 35.9 Å². The zero-order valence-electron chi connectivity index (χ0n) is 17.3. The zero-order valence-corrected chi connectivity index (χ0v) is 17.3. The van der Waals surface area contributed by atoms with Crippen molar-refractivity contribution < 1.29 is 54.2 Å². The van der Waals surface area contributed by atoms with Gasteiger partial charge in [-0.2, -0.15) is 35.1 Å². The summed E-state index contributed by atoms with van der Waals surface area (Å²) in [6, 6.07) is 7.38. The molecule has 0 bridgehead atoms. The number of esters is 1. The Kier molecular flexibility index (Phi) is 8.02. The predicted molar refractivity (Wildman–Crippen MR) is 98.2 cm³/mol. The number of hydrogen-bond acceptors (Lipinski definition) is 3. The maximum atomic E-state index is 14.8. The molecule has 12 heteroatoms. The van der Waals surface area contributed by atoms with Gasteiger partial charge in [0, 0.05) is 6.42 Å². The van der Waals surface area contributed by atoms with E-state index < -0.39 is 60.9 Å². The molecule has 1 aromatic carbocycles. The number of ether oxygens (including phenoxy) is 1. The largest absolute Gasteiger partial charge is 0.460 e. The second kappa shape index (κ2) is 9.71. The standard InChI is InChI=1S/C21H23F9O3/c22-18(20(25,26)27,19(23,24)21(28,29)30)13-17(32,12-11-14-7-3-1-4-8-14)16(31)33-15-9-5-2-6-10-15/h1,3-4,7-8,15,32H,2,5-6,9-13H2. The maximum Gasteiger partial charge on any atom is 0.457 e. The minimum atomic E-state index is -6.94. The van der Waals surface area contributed by atoms with Gasteiger partial charge in [-0.1, -0.05) is 36.8 Å². The predicted octanol–water partition coefficient (Wildman–Crippen LogP) is 6.08. The summed E-state index contributed by atoms with van der Waals surface area (Å²) in [5, 5.41) is 10.7. The molecule has 1 aromatic rings. The highest BCUT2D eigenvalue weighted by Gasteiger charge is 2.82. The van der Waals surface area contributed by atoms with Gasteiger partial charge in [0.15, 0.2) is 5.60 Å². The van der Waals surface area contributed by atoms with Gasteiger partial charge in [-0.15, -0.1) is 0 Å². The van der Waals surface area contributed by atoms with Gasteiger partial charge in [0.1, 0.15) is 6.10 Å². The van der Waals surface area contributed by atoms with E-state index in [2.05, 4.69) is 0 Å². The molecule has 0 heterocycles. The molecule has 1 fully saturated rings. The van der Waals surface area contributed by atoms with E-state index in [1.807, 2.05) is 0 Å². The van der Waals surface area contributed by atoms with Crippen LogP contribution in [0.3, 0.4) is 0 Å². The van der Waals surface area contributed by atoms with E-state index in [4.69, 9.17) is 4.74 Å². The minimum absolute atomic E-state index is 0.263. The van der Waals surface area contributed by atoms with Crippen molar-refractivity contribution in [1.29, 1.82) is 0 Å². The second-order valence-electron chi connectivity index (χ2n) is 8.23. The summed E-state index contributed by atoms with van der Waals surface area (Å²) in [4.78, 5) is 12.6. The first-order valence-corrected chi connectivity index (χ1v) is 10.2. The molecule has 0 aromatic heterocycles. The van der Waals surface area contributed by atoms with E-state index in [-0.39, 0.29) is 12.8 Å². The number of alkyl halides is 9. The Morgan fingerprint density at radius 3 is 1.91 bits per heavy atom. The fourth-order valence-corrected chi connectivity index (χ4v) is 3.72. The Bertz CT molecular complexity index is 788. The number of benzene rings is 1. The van der Waals surface area contributed by atoms with E-state index >= 15 is 0 Å². The molecule has 188 valence electrons. The number of carbonyl (C=O) groups excluding carboxylic acids is 1. The van der Waals surface area contributed by atoms with Gasteiger partial charge in [0.05, 0.1) is 0 Å². The molecule has 33 heavy (non-hydrogen) atoms. The molecule has 1 aliphatic carbocycles. The summed E-state index contributed by atoms with van der Waals surface area (Å²) in [6.07, 6.45) is -16.5. The summed E-state index contributed by atoms with van der Waals surface area (Å²) in [6.45, 7) is 0. The molecule has 1 saturated carbocycles. The van der Waals surface area contributed by atoms with Crippen LogP contribution in [0.25, 0.3) is 0 Å². The average molecular weight is 494 g/mol. The molecule has 0 aliphatic heterocycles. The van der Waals surface area contributed by atoms with Gasteiger partial charge in [-0.05, 0) is 44.1 Å². The highest BCUT2D eigenvalue weighted by molar-refractivity contribution is 5.79. The highest BCUT2D eigenvalue weighted by atomic mass is 19.4. The lowest BCUT2D eigenvalue weighted by Gasteiger charge is -2.40. The Labute approximate surface area is 183 Å². The number of aliphatic hydroxyl groups is 1. The number of hydrogen-bond donors (Lipinski definition) is 1. The molecule has 0 spiro atoms. The third-order valence-electron chi connectivity index (χ3n) is 5.72. The lowest BCUT2D eigenvalue weighted by Crippen LogP contribution is -2.65. The second-order valence-corrected chi connectivity index (χ2v) is 8.23. The first-order valence-electron chi connectivity index (χ1n) is 10.2. The van der Waals surface area contributed by atoms with E-state index in [0.29, 0.717) is 18.4 Å². The van der Waals surface area contributed by atoms with Crippen LogP contribution >= 0.6 is 0 Å². The van der Waals surface area contributed by atoms with Gasteiger partial charge in [-0.25, -0.2) is 9.18 Å². The lowest BCUT2D eigenvalue weighted by molar-refractivity contribution is -0.389. The van der Waals surface area contributed by atoms with Crippen molar-refractivity contribution in [2.24, 2.45) is 0 Å². The summed E-state index contributed by atoms with van der Waals surface area (Å²) in [5.74, 6) is -8.81. The van der Waals surface area contributed by atoms with E-state index in [1.165, 1.54) is 24.3 Å². The topological polar surface area (TPSA) is 46.5 Å². The molecule has 2 unspecified atom stereocenters. The van der Waals surface area contributed by atoms with Crippen LogP contribution in [0.5, 0.6) is 0 Å². The fraction of sp³-hybridized carbons (Fsp3) is 0.667. The van der Waals surface area contributed by atoms with Crippen molar-refractivity contribution in [2.45, 2.75) is 87.0 Å². The smallest absolute Gasteiger partial charge is 0.457 e. The molecule has 3 nitrogen and oxygen atoms in total. The third kappa shape index (κ3) is 5.93. The maximum absolute atomic E-state index is 14.8. The Hall–Kier alpha value is -1.98. The molecule has 0 amide bonds. The third-order valence-corrected chi connectivity index (χ3v) is 5.72. The number of rotatable bonds is 8. The van der Waals surface area contributed by atoms with Crippen molar-refractivity contribution >= 4 is 5.97 Å². The Morgan fingerprint density at radius 1 is 0.879 bits per heavy atom. The monoisotopic (exact) mass is 494 g/mol. The van der Waals surface area contributed by atoms with Crippen molar-refractivity contribution in [1.82, 2.24) is 0 Å². The molecule has 1 aliphatic rings. The quantitative estimate of drug-likeness (QED) is 0.352. The number of halogens is 9. The summed E-state index contributed by atoms with van der Waals surface area (Å²) < 4.78 is 126. The van der Waals surface area contributed by atoms with E-state index in [1.54, 1.807) is 6.07 Å². The van der Waals surface area contributed by atoms with E-state index in [0.717, 1.165) is 6.42 Å². The molecular weight excluding hydrogens is 471 g/mol. The van der Waals surface area contributed by atoms with Crippen molar-refractivity contribution in [2.75, 3.05) is 0 Å². The summed E-state index contributed by atoms with van der Waals surface area (Å²) in [7, 11) is 0. The Balaban J connectivity index is 2.43. The van der Waals surface area contributed by atoms with E-state index in [9.17, 15) is 49.4 Å². The van der Waals surface area contributed by atoms with Crippen LogP contribution < -0.4 is 0 Å². The van der Waals surface area contributed by atoms with Crippen LogP contribution in [-0.4, -0.2) is 46.7 Å². The molecular formula is C21H23F9O3. The van der Waals surface area contributed by atoms with Gasteiger partial charge >= 0.3 is 24.2 Å². The van der Waals surface area contributed by atoms with Crippen molar-refractivity contribution in [3.8, 4) is 0 Å². The number of carbonyl (C=O) groups is 1. The average Bonchev–Trinajstić information content (AvgIpc) is 2.72. The lowest BCUT2D eigenvalue weighted by atomic mass is 9.79. The van der Waals surface area contributed by atoms with Crippen LogP contribution in [0.4, 0.5) is 39.5 Å². The molecule has 0 saturated heterocycles. The van der Waals surface area contributed by atoms with Crippen LogP contribution in [0.1, 0.15) is 50.5 Å². The van der Waals surface area contributed by atoms with Crippen molar-refractivity contribution in [3.63, 3.8) is 0 Å². The highest BCUT2D eigenvalue weighted by Crippen LogP contribution is 2.56. The van der Waals surface area contributed by atoms with Crippen LogP contribution in [0.15, 0.2) is 30.3 Å². The molecule has 0 radical (unpaired) electrons. The van der Waals surface area contributed by atoms with Crippen LogP contribution in [-0.2, 0) is 16.0 Å². The SMILES string of the molecule is O=C(OC1CCCCC1)C(O)(CCc1ccccc1)CC(F)(C(F)(F)F)C(F)(F)C(F)(F)F.